The van der Waals surface area contributed by atoms with Gasteiger partial charge in [-0.15, -0.1) is 0 Å². The lowest BCUT2D eigenvalue weighted by molar-refractivity contribution is -0.153. The molecule has 1 fully saturated rings. The molecular formula is C14H27NO3. The maximum atomic E-state index is 12.0. The Kier molecular flexibility index (Phi) is 6.65. The second-order valence-corrected chi connectivity index (χ2v) is 5.04. The quantitative estimate of drug-likeness (QED) is 0.561. The second-order valence-electron chi connectivity index (χ2n) is 5.04. The molecule has 18 heavy (non-hydrogen) atoms. The van der Waals surface area contributed by atoms with Gasteiger partial charge in [-0.05, 0) is 45.4 Å². The fourth-order valence-corrected chi connectivity index (χ4v) is 2.78. The SMILES string of the molecule is CCOCCCC1CCCCC1(N)C(=O)OCC. The predicted octanol–water partition coefficient (Wildman–Crippen LogP) is 2.25. The monoisotopic (exact) mass is 257 g/mol. The van der Waals surface area contributed by atoms with Crippen LogP contribution in [-0.4, -0.2) is 31.3 Å². The van der Waals surface area contributed by atoms with Crippen LogP contribution in [0.1, 0.15) is 52.4 Å². The number of ether oxygens (including phenoxy) is 2. The van der Waals surface area contributed by atoms with Crippen LogP contribution in [0.15, 0.2) is 0 Å². The molecule has 0 saturated heterocycles. The number of esters is 1. The van der Waals surface area contributed by atoms with Crippen LogP contribution in [0.5, 0.6) is 0 Å². The summed E-state index contributed by atoms with van der Waals surface area (Å²) in [5.74, 6) is 0.0249. The Morgan fingerprint density at radius 1 is 1.33 bits per heavy atom. The van der Waals surface area contributed by atoms with Crippen LogP contribution >= 0.6 is 0 Å². The molecule has 0 aromatic rings. The molecule has 2 unspecified atom stereocenters. The molecule has 0 aromatic carbocycles. The third-order valence-electron chi connectivity index (χ3n) is 3.82. The molecule has 4 nitrogen and oxygen atoms in total. The van der Waals surface area contributed by atoms with Gasteiger partial charge < -0.3 is 15.2 Å². The van der Waals surface area contributed by atoms with E-state index >= 15 is 0 Å². The average Bonchev–Trinajstić information content (AvgIpc) is 2.37. The van der Waals surface area contributed by atoms with Gasteiger partial charge in [0.1, 0.15) is 5.54 Å². The van der Waals surface area contributed by atoms with Crippen molar-refractivity contribution in [1.29, 1.82) is 0 Å². The van der Waals surface area contributed by atoms with E-state index in [0.717, 1.165) is 51.7 Å². The molecule has 1 aliphatic carbocycles. The van der Waals surface area contributed by atoms with Crippen LogP contribution in [0.2, 0.25) is 0 Å². The number of hydrogen-bond donors (Lipinski definition) is 1. The number of rotatable bonds is 7. The fourth-order valence-electron chi connectivity index (χ4n) is 2.78. The standard InChI is InChI=1S/C14H27NO3/c1-3-17-11-7-9-12-8-5-6-10-14(12,15)13(16)18-4-2/h12H,3-11,15H2,1-2H3. The summed E-state index contributed by atoms with van der Waals surface area (Å²) >= 11 is 0. The highest BCUT2D eigenvalue weighted by Crippen LogP contribution is 2.35. The highest BCUT2D eigenvalue weighted by molar-refractivity contribution is 5.81. The number of carbonyl (C=O) groups is 1. The van der Waals surface area contributed by atoms with E-state index in [1.54, 1.807) is 0 Å². The minimum atomic E-state index is -0.763. The molecule has 0 aromatic heterocycles. The van der Waals surface area contributed by atoms with Crippen molar-refractivity contribution in [2.75, 3.05) is 19.8 Å². The molecule has 0 heterocycles. The van der Waals surface area contributed by atoms with Gasteiger partial charge in [0.2, 0.25) is 0 Å². The number of carbonyl (C=O) groups excluding carboxylic acids is 1. The van der Waals surface area contributed by atoms with Crippen LogP contribution in [0, 0.1) is 5.92 Å². The zero-order valence-electron chi connectivity index (χ0n) is 11.7. The Morgan fingerprint density at radius 3 is 2.78 bits per heavy atom. The van der Waals surface area contributed by atoms with Crippen molar-refractivity contribution in [2.24, 2.45) is 11.7 Å². The summed E-state index contributed by atoms with van der Waals surface area (Å²) in [5, 5.41) is 0. The lowest BCUT2D eigenvalue weighted by Crippen LogP contribution is -2.56. The van der Waals surface area contributed by atoms with Crippen LogP contribution in [0.25, 0.3) is 0 Å². The Morgan fingerprint density at radius 2 is 2.11 bits per heavy atom. The van der Waals surface area contributed by atoms with Crippen molar-refractivity contribution in [3.8, 4) is 0 Å². The first-order chi connectivity index (χ1) is 8.65. The van der Waals surface area contributed by atoms with Gasteiger partial charge in [0, 0.05) is 13.2 Å². The summed E-state index contributed by atoms with van der Waals surface area (Å²) in [6.07, 6.45) is 5.90. The summed E-state index contributed by atoms with van der Waals surface area (Å²) in [5.41, 5.74) is 5.57. The highest BCUT2D eigenvalue weighted by atomic mass is 16.5. The molecule has 1 aliphatic rings. The summed E-state index contributed by atoms with van der Waals surface area (Å²) < 4.78 is 10.5. The molecule has 1 rings (SSSR count). The minimum Gasteiger partial charge on any atom is -0.465 e. The predicted molar refractivity (Wildman–Crippen MR) is 71.2 cm³/mol. The molecule has 4 heteroatoms. The molecule has 0 spiro atoms. The lowest BCUT2D eigenvalue weighted by Gasteiger charge is -2.39. The Bertz CT molecular complexity index is 257. The number of hydrogen-bond acceptors (Lipinski definition) is 4. The van der Waals surface area contributed by atoms with Crippen molar-refractivity contribution >= 4 is 5.97 Å². The average molecular weight is 257 g/mol. The zero-order chi connectivity index (χ0) is 13.4. The van der Waals surface area contributed by atoms with E-state index in [0.29, 0.717) is 6.61 Å². The van der Waals surface area contributed by atoms with Gasteiger partial charge in [-0.3, -0.25) is 4.79 Å². The molecule has 106 valence electrons. The van der Waals surface area contributed by atoms with Gasteiger partial charge in [-0.1, -0.05) is 12.8 Å². The normalized spacial score (nSPS) is 28.1. The largest absolute Gasteiger partial charge is 0.465 e. The molecule has 0 radical (unpaired) electrons. The van der Waals surface area contributed by atoms with Crippen LogP contribution < -0.4 is 5.73 Å². The van der Waals surface area contributed by atoms with E-state index in [1.807, 2.05) is 13.8 Å². The van der Waals surface area contributed by atoms with Crippen molar-refractivity contribution in [3.05, 3.63) is 0 Å². The summed E-state index contributed by atoms with van der Waals surface area (Å²) in [4.78, 5) is 12.0. The molecule has 0 amide bonds. The van der Waals surface area contributed by atoms with Gasteiger partial charge in [-0.25, -0.2) is 0 Å². The first kappa shape index (κ1) is 15.4. The molecule has 0 bridgehead atoms. The highest BCUT2D eigenvalue weighted by Gasteiger charge is 2.44. The van der Waals surface area contributed by atoms with Gasteiger partial charge >= 0.3 is 5.97 Å². The number of nitrogens with two attached hydrogens (primary N) is 1. The van der Waals surface area contributed by atoms with Gasteiger partial charge in [0.25, 0.3) is 0 Å². The van der Waals surface area contributed by atoms with Crippen molar-refractivity contribution < 1.29 is 14.3 Å². The van der Waals surface area contributed by atoms with Gasteiger partial charge in [-0.2, -0.15) is 0 Å². The Hall–Kier alpha value is -0.610. The van der Waals surface area contributed by atoms with Crippen molar-refractivity contribution in [3.63, 3.8) is 0 Å². The summed E-state index contributed by atoms with van der Waals surface area (Å²) in [7, 11) is 0. The van der Waals surface area contributed by atoms with E-state index in [1.165, 1.54) is 0 Å². The minimum absolute atomic E-state index is 0.217. The molecular weight excluding hydrogens is 230 g/mol. The third-order valence-corrected chi connectivity index (χ3v) is 3.82. The third kappa shape index (κ3) is 3.95. The van der Waals surface area contributed by atoms with E-state index in [2.05, 4.69) is 0 Å². The van der Waals surface area contributed by atoms with E-state index < -0.39 is 5.54 Å². The summed E-state index contributed by atoms with van der Waals surface area (Å²) in [6.45, 7) is 5.73. The fraction of sp³-hybridized carbons (Fsp3) is 0.929. The Labute approximate surface area is 110 Å². The summed E-state index contributed by atoms with van der Waals surface area (Å²) in [6, 6.07) is 0. The topological polar surface area (TPSA) is 61.5 Å². The molecule has 2 atom stereocenters. The van der Waals surface area contributed by atoms with Crippen LogP contribution in [0.3, 0.4) is 0 Å². The van der Waals surface area contributed by atoms with E-state index in [-0.39, 0.29) is 11.9 Å². The first-order valence-corrected chi connectivity index (χ1v) is 7.19. The van der Waals surface area contributed by atoms with E-state index in [9.17, 15) is 4.79 Å². The maximum absolute atomic E-state index is 12.0. The maximum Gasteiger partial charge on any atom is 0.326 e. The lowest BCUT2D eigenvalue weighted by atomic mass is 9.71. The van der Waals surface area contributed by atoms with Gasteiger partial charge in [0.05, 0.1) is 6.61 Å². The zero-order valence-corrected chi connectivity index (χ0v) is 11.7. The smallest absolute Gasteiger partial charge is 0.326 e. The molecule has 2 N–H and O–H groups in total. The second kappa shape index (κ2) is 7.74. The molecule has 0 aliphatic heterocycles. The van der Waals surface area contributed by atoms with Crippen LogP contribution in [-0.2, 0) is 14.3 Å². The Balaban J connectivity index is 2.52. The van der Waals surface area contributed by atoms with E-state index in [4.69, 9.17) is 15.2 Å². The van der Waals surface area contributed by atoms with Crippen molar-refractivity contribution in [2.45, 2.75) is 57.9 Å². The van der Waals surface area contributed by atoms with Crippen molar-refractivity contribution in [1.82, 2.24) is 0 Å². The van der Waals surface area contributed by atoms with Crippen LogP contribution in [0.4, 0.5) is 0 Å². The molecule has 1 saturated carbocycles. The first-order valence-electron chi connectivity index (χ1n) is 7.19. The van der Waals surface area contributed by atoms with Gasteiger partial charge in [0.15, 0.2) is 0 Å².